The standard InChI is InChI=1S/C11H8N4O2/c12-11(16)10-9(13-15-14-10)7-2-1-6-3-4-17-8(6)5-7/h1-5H,(H2,12,16)(H,13,14,15). The molecule has 0 aliphatic carbocycles. The van der Waals surface area contributed by atoms with Gasteiger partial charge in [0.2, 0.25) is 0 Å². The number of amides is 1. The number of hydrogen-bond acceptors (Lipinski definition) is 4. The van der Waals surface area contributed by atoms with Gasteiger partial charge in [0.1, 0.15) is 11.3 Å². The number of hydrogen-bond donors (Lipinski definition) is 2. The first kappa shape index (κ1) is 9.59. The van der Waals surface area contributed by atoms with Crippen LogP contribution in [0.4, 0.5) is 0 Å². The van der Waals surface area contributed by atoms with Crippen LogP contribution in [0.2, 0.25) is 0 Å². The smallest absolute Gasteiger partial charge is 0.271 e. The number of nitrogens with one attached hydrogen (secondary N) is 1. The third kappa shape index (κ3) is 1.46. The second-order valence-corrected chi connectivity index (χ2v) is 3.56. The molecule has 3 aromatic rings. The third-order valence-electron chi connectivity index (χ3n) is 2.51. The summed E-state index contributed by atoms with van der Waals surface area (Å²) in [4.78, 5) is 11.1. The molecule has 0 saturated carbocycles. The first-order chi connectivity index (χ1) is 8.25. The van der Waals surface area contributed by atoms with E-state index >= 15 is 0 Å². The van der Waals surface area contributed by atoms with E-state index in [0.29, 0.717) is 5.69 Å². The summed E-state index contributed by atoms with van der Waals surface area (Å²) in [6, 6.07) is 7.37. The summed E-state index contributed by atoms with van der Waals surface area (Å²) in [7, 11) is 0. The summed E-state index contributed by atoms with van der Waals surface area (Å²) in [6.07, 6.45) is 1.60. The minimum Gasteiger partial charge on any atom is -0.464 e. The van der Waals surface area contributed by atoms with E-state index in [2.05, 4.69) is 15.4 Å². The lowest BCUT2D eigenvalue weighted by atomic mass is 10.1. The number of furan rings is 1. The van der Waals surface area contributed by atoms with Gasteiger partial charge in [-0.25, -0.2) is 0 Å². The van der Waals surface area contributed by atoms with Crippen molar-refractivity contribution in [2.45, 2.75) is 0 Å². The van der Waals surface area contributed by atoms with Crippen molar-refractivity contribution < 1.29 is 9.21 Å². The van der Waals surface area contributed by atoms with Crippen LogP contribution in [0.15, 0.2) is 34.9 Å². The minimum atomic E-state index is -0.617. The number of fused-ring (bicyclic) bond motifs is 1. The second kappa shape index (κ2) is 3.44. The molecular weight excluding hydrogens is 220 g/mol. The average molecular weight is 228 g/mol. The summed E-state index contributed by atoms with van der Waals surface area (Å²) in [6.45, 7) is 0. The largest absolute Gasteiger partial charge is 0.464 e. The maximum atomic E-state index is 11.1. The highest BCUT2D eigenvalue weighted by Crippen LogP contribution is 2.24. The molecule has 0 bridgehead atoms. The fourth-order valence-electron chi connectivity index (χ4n) is 1.71. The molecule has 0 unspecified atom stereocenters. The Balaban J connectivity index is 2.19. The van der Waals surface area contributed by atoms with E-state index in [9.17, 15) is 4.79 Å². The Morgan fingerprint density at radius 3 is 3.00 bits per heavy atom. The normalized spacial score (nSPS) is 10.8. The molecule has 3 rings (SSSR count). The van der Waals surface area contributed by atoms with Crippen LogP contribution in [-0.4, -0.2) is 21.3 Å². The lowest BCUT2D eigenvalue weighted by molar-refractivity contribution is 0.0996. The van der Waals surface area contributed by atoms with Crippen LogP contribution in [0.5, 0.6) is 0 Å². The van der Waals surface area contributed by atoms with Crippen molar-refractivity contribution in [3.63, 3.8) is 0 Å². The van der Waals surface area contributed by atoms with Crippen molar-refractivity contribution >= 4 is 16.9 Å². The Morgan fingerprint density at radius 1 is 1.29 bits per heavy atom. The summed E-state index contributed by atoms with van der Waals surface area (Å²) >= 11 is 0. The molecule has 0 radical (unpaired) electrons. The molecule has 3 N–H and O–H groups in total. The number of benzene rings is 1. The number of primary amides is 1. The van der Waals surface area contributed by atoms with Gasteiger partial charge in [-0.2, -0.15) is 15.4 Å². The van der Waals surface area contributed by atoms with E-state index in [0.717, 1.165) is 16.5 Å². The Morgan fingerprint density at radius 2 is 2.18 bits per heavy atom. The van der Waals surface area contributed by atoms with Gasteiger partial charge in [0.25, 0.3) is 5.91 Å². The lowest BCUT2D eigenvalue weighted by Crippen LogP contribution is -2.12. The zero-order chi connectivity index (χ0) is 11.8. The van der Waals surface area contributed by atoms with Crippen molar-refractivity contribution in [3.8, 4) is 11.3 Å². The van der Waals surface area contributed by atoms with Crippen molar-refractivity contribution in [2.24, 2.45) is 5.73 Å². The Hall–Kier alpha value is -2.63. The van der Waals surface area contributed by atoms with Crippen molar-refractivity contribution in [3.05, 3.63) is 36.2 Å². The van der Waals surface area contributed by atoms with Crippen LogP contribution in [0.25, 0.3) is 22.2 Å². The number of nitrogens with two attached hydrogens (primary N) is 1. The third-order valence-corrected chi connectivity index (χ3v) is 2.51. The lowest BCUT2D eigenvalue weighted by Gasteiger charge is -1.97. The highest BCUT2D eigenvalue weighted by molar-refractivity contribution is 5.97. The molecule has 2 aromatic heterocycles. The fraction of sp³-hybridized carbons (Fsp3) is 0. The maximum absolute atomic E-state index is 11.1. The summed E-state index contributed by atoms with van der Waals surface area (Å²) in [5.41, 5.74) is 7.21. The maximum Gasteiger partial charge on any atom is 0.271 e. The molecule has 0 spiro atoms. The molecule has 84 valence electrons. The zero-order valence-electron chi connectivity index (χ0n) is 8.68. The summed E-state index contributed by atoms with van der Waals surface area (Å²) in [5.74, 6) is -0.617. The SMILES string of the molecule is NC(=O)c1n[nH]nc1-c1ccc2ccoc2c1. The number of carbonyl (C=O) groups excluding carboxylic acids is 1. The van der Waals surface area contributed by atoms with Gasteiger partial charge in [-0.05, 0) is 12.1 Å². The van der Waals surface area contributed by atoms with Gasteiger partial charge in [0.15, 0.2) is 5.69 Å². The van der Waals surface area contributed by atoms with E-state index in [1.807, 2.05) is 18.2 Å². The van der Waals surface area contributed by atoms with Gasteiger partial charge in [-0.3, -0.25) is 4.79 Å². The topological polar surface area (TPSA) is 97.8 Å². The van der Waals surface area contributed by atoms with Gasteiger partial charge in [-0.15, -0.1) is 0 Å². The van der Waals surface area contributed by atoms with Gasteiger partial charge in [-0.1, -0.05) is 12.1 Å². The monoisotopic (exact) mass is 228 g/mol. The summed E-state index contributed by atoms with van der Waals surface area (Å²) in [5, 5.41) is 11.0. The summed E-state index contributed by atoms with van der Waals surface area (Å²) < 4.78 is 5.28. The van der Waals surface area contributed by atoms with Gasteiger partial charge >= 0.3 is 0 Å². The van der Waals surface area contributed by atoms with Gasteiger partial charge in [0, 0.05) is 10.9 Å². The second-order valence-electron chi connectivity index (χ2n) is 3.56. The number of rotatable bonds is 2. The molecule has 0 saturated heterocycles. The molecule has 6 heteroatoms. The zero-order valence-corrected chi connectivity index (χ0v) is 8.68. The van der Waals surface area contributed by atoms with E-state index in [-0.39, 0.29) is 5.69 Å². The fourth-order valence-corrected chi connectivity index (χ4v) is 1.71. The van der Waals surface area contributed by atoms with Crippen LogP contribution in [0.1, 0.15) is 10.5 Å². The van der Waals surface area contributed by atoms with Crippen LogP contribution < -0.4 is 5.73 Å². The number of aromatic nitrogens is 3. The predicted molar refractivity (Wildman–Crippen MR) is 60.1 cm³/mol. The predicted octanol–water partition coefficient (Wildman–Crippen LogP) is 1.32. The molecule has 17 heavy (non-hydrogen) atoms. The molecular formula is C11H8N4O2. The quantitative estimate of drug-likeness (QED) is 0.691. The molecule has 0 aliphatic heterocycles. The Kier molecular flexibility index (Phi) is 1.94. The highest BCUT2D eigenvalue weighted by Gasteiger charge is 2.15. The van der Waals surface area contributed by atoms with Gasteiger partial charge in [0.05, 0.1) is 6.26 Å². The molecule has 0 aliphatic rings. The van der Waals surface area contributed by atoms with Crippen molar-refractivity contribution in [1.29, 1.82) is 0 Å². The molecule has 2 heterocycles. The van der Waals surface area contributed by atoms with E-state index < -0.39 is 5.91 Å². The molecule has 0 atom stereocenters. The minimum absolute atomic E-state index is 0.121. The van der Waals surface area contributed by atoms with Gasteiger partial charge < -0.3 is 10.2 Å². The Bertz CT molecular complexity index is 698. The van der Waals surface area contributed by atoms with Crippen molar-refractivity contribution in [2.75, 3.05) is 0 Å². The van der Waals surface area contributed by atoms with Crippen LogP contribution in [0.3, 0.4) is 0 Å². The first-order valence-electron chi connectivity index (χ1n) is 4.94. The van der Waals surface area contributed by atoms with E-state index in [1.165, 1.54) is 0 Å². The number of aromatic amines is 1. The highest BCUT2D eigenvalue weighted by atomic mass is 16.3. The van der Waals surface area contributed by atoms with E-state index in [4.69, 9.17) is 10.2 Å². The molecule has 6 nitrogen and oxygen atoms in total. The van der Waals surface area contributed by atoms with Crippen LogP contribution in [0, 0.1) is 0 Å². The van der Waals surface area contributed by atoms with Crippen LogP contribution >= 0.6 is 0 Å². The molecule has 0 fully saturated rings. The first-order valence-corrected chi connectivity index (χ1v) is 4.94. The molecule has 1 aromatic carbocycles. The number of carbonyl (C=O) groups is 1. The average Bonchev–Trinajstić information content (AvgIpc) is 2.96. The number of H-pyrrole nitrogens is 1. The molecule has 1 amide bonds. The van der Waals surface area contributed by atoms with Crippen molar-refractivity contribution in [1.82, 2.24) is 15.4 Å². The number of nitrogens with zero attached hydrogens (tertiary/aromatic N) is 2. The Labute approximate surface area is 95.4 Å². The van der Waals surface area contributed by atoms with Crippen LogP contribution in [-0.2, 0) is 0 Å². The van der Waals surface area contributed by atoms with E-state index in [1.54, 1.807) is 12.3 Å².